The largest absolute Gasteiger partial charge is 0.487 e. The van der Waals surface area contributed by atoms with Gasteiger partial charge in [-0.2, -0.15) is 0 Å². The lowest BCUT2D eigenvalue weighted by molar-refractivity contribution is 0.304. The van der Waals surface area contributed by atoms with Gasteiger partial charge in [0, 0.05) is 6.54 Å². The van der Waals surface area contributed by atoms with Crippen LogP contribution in [0.25, 0.3) is 0 Å². The van der Waals surface area contributed by atoms with Gasteiger partial charge in [-0.1, -0.05) is 0 Å². The highest BCUT2D eigenvalue weighted by molar-refractivity contribution is 5.46. The molecule has 0 atom stereocenters. The lowest BCUT2D eigenvalue weighted by Gasteiger charge is -2.07. The highest BCUT2D eigenvalue weighted by Crippen LogP contribution is 2.29. The first kappa shape index (κ1) is 8.31. The van der Waals surface area contributed by atoms with Gasteiger partial charge in [-0.15, -0.1) is 0 Å². The molecule has 0 radical (unpaired) electrons. The smallest absolute Gasteiger partial charge is 0.166 e. The van der Waals surface area contributed by atoms with E-state index in [1.54, 1.807) is 0 Å². The van der Waals surface area contributed by atoms with E-state index < -0.39 is 0 Å². The average Bonchev–Trinajstić information content (AvgIpc) is 2.92. The second-order valence-electron chi connectivity index (χ2n) is 3.21. The van der Waals surface area contributed by atoms with Gasteiger partial charge in [0.1, 0.15) is 0 Å². The first-order chi connectivity index (χ1) is 6.29. The highest BCUT2D eigenvalue weighted by atomic mass is 16.5. The minimum atomic E-state index is 0.354. The molecule has 0 bridgehead atoms. The summed E-state index contributed by atoms with van der Waals surface area (Å²) < 4.78 is 5.53. The number of ether oxygens (including phenoxy) is 1. The normalized spacial score (nSPS) is 15.8. The van der Waals surface area contributed by atoms with E-state index in [0.29, 0.717) is 24.2 Å². The Hall–Kier alpha value is -1.29. The lowest BCUT2D eigenvalue weighted by Crippen LogP contribution is -2.05. The van der Waals surface area contributed by atoms with Crippen molar-refractivity contribution in [2.45, 2.75) is 25.5 Å². The number of aromatic nitrogens is 1. The van der Waals surface area contributed by atoms with Crippen LogP contribution >= 0.6 is 0 Å². The molecule has 0 aliphatic heterocycles. The van der Waals surface area contributed by atoms with Crippen molar-refractivity contribution in [3.05, 3.63) is 17.8 Å². The second-order valence-corrected chi connectivity index (χ2v) is 3.21. The number of anilines is 1. The molecule has 70 valence electrons. The van der Waals surface area contributed by atoms with Crippen LogP contribution < -0.4 is 16.2 Å². The SMILES string of the molecule is NCc1ccc(OC2CC2)c(N)n1. The van der Waals surface area contributed by atoms with Gasteiger partial charge < -0.3 is 16.2 Å². The maximum atomic E-state index is 5.68. The second kappa shape index (κ2) is 3.22. The molecule has 0 amide bonds. The Kier molecular flexibility index (Phi) is 2.06. The number of pyridine rings is 1. The van der Waals surface area contributed by atoms with Crippen LogP contribution in [0, 0.1) is 0 Å². The number of rotatable bonds is 3. The van der Waals surface area contributed by atoms with E-state index in [1.165, 1.54) is 0 Å². The molecule has 1 fully saturated rings. The van der Waals surface area contributed by atoms with Crippen LogP contribution in [-0.2, 0) is 6.54 Å². The van der Waals surface area contributed by atoms with E-state index in [0.717, 1.165) is 18.5 Å². The fourth-order valence-electron chi connectivity index (χ4n) is 1.08. The topological polar surface area (TPSA) is 74.2 Å². The first-order valence-electron chi connectivity index (χ1n) is 4.41. The van der Waals surface area contributed by atoms with Crippen LogP contribution in [0.3, 0.4) is 0 Å². The van der Waals surface area contributed by atoms with Gasteiger partial charge in [-0.05, 0) is 25.0 Å². The minimum absolute atomic E-state index is 0.354. The number of hydrogen-bond acceptors (Lipinski definition) is 4. The van der Waals surface area contributed by atoms with Gasteiger partial charge >= 0.3 is 0 Å². The van der Waals surface area contributed by atoms with Crippen LogP contribution in [-0.4, -0.2) is 11.1 Å². The maximum Gasteiger partial charge on any atom is 0.166 e. The number of nitrogens with zero attached hydrogens (tertiary/aromatic N) is 1. The highest BCUT2D eigenvalue weighted by Gasteiger charge is 2.24. The molecule has 2 rings (SSSR count). The molecule has 1 saturated carbocycles. The Bertz CT molecular complexity index is 310. The zero-order valence-electron chi connectivity index (χ0n) is 7.36. The van der Waals surface area contributed by atoms with E-state index in [2.05, 4.69) is 4.98 Å². The summed E-state index contributed by atoms with van der Waals surface area (Å²) in [5.41, 5.74) is 11.9. The molecule has 0 saturated heterocycles. The predicted octanol–water partition coefficient (Wildman–Crippen LogP) is 0.664. The Morgan fingerprint density at radius 3 is 2.77 bits per heavy atom. The van der Waals surface area contributed by atoms with Crippen molar-refractivity contribution >= 4 is 5.82 Å². The van der Waals surface area contributed by atoms with E-state index in [4.69, 9.17) is 16.2 Å². The number of nitrogens with two attached hydrogens (primary N) is 2. The zero-order valence-corrected chi connectivity index (χ0v) is 7.36. The Balaban J connectivity index is 2.15. The maximum absolute atomic E-state index is 5.68. The molecule has 13 heavy (non-hydrogen) atoms. The van der Waals surface area contributed by atoms with Gasteiger partial charge in [-0.3, -0.25) is 0 Å². The number of hydrogen-bond donors (Lipinski definition) is 2. The van der Waals surface area contributed by atoms with Crippen molar-refractivity contribution in [2.75, 3.05) is 5.73 Å². The summed E-state index contributed by atoms with van der Waals surface area (Å²) in [7, 11) is 0. The Labute approximate surface area is 76.9 Å². The first-order valence-corrected chi connectivity index (χ1v) is 4.41. The molecule has 1 aliphatic carbocycles. The fraction of sp³-hybridized carbons (Fsp3) is 0.444. The van der Waals surface area contributed by atoms with Gasteiger partial charge in [0.15, 0.2) is 11.6 Å². The lowest BCUT2D eigenvalue weighted by atomic mass is 10.3. The molecular weight excluding hydrogens is 166 g/mol. The Morgan fingerprint density at radius 1 is 1.46 bits per heavy atom. The van der Waals surface area contributed by atoms with Gasteiger partial charge in [0.05, 0.1) is 11.8 Å². The van der Waals surface area contributed by atoms with Crippen LogP contribution in [0.5, 0.6) is 5.75 Å². The van der Waals surface area contributed by atoms with E-state index >= 15 is 0 Å². The summed E-state index contributed by atoms with van der Waals surface area (Å²) in [6.45, 7) is 0.411. The molecule has 1 heterocycles. The average molecular weight is 179 g/mol. The van der Waals surface area contributed by atoms with Crippen LogP contribution in [0.15, 0.2) is 12.1 Å². The summed E-state index contributed by atoms with van der Waals surface area (Å²) in [5.74, 6) is 1.12. The van der Waals surface area contributed by atoms with E-state index in [9.17, 15) is 0 Å². The molecule has 0 unspecified atom stereocenters. The molecule has 1 aliphatic rings. The summed E-state index contributed by atoms with van der Waals surface area (Å²) in [4.78, 5) is 4.10. The fourth-order valence-corrected chi connectivity index (χ4v) is 1.08. The van der Waals surface area contributed by atoms with Crippen molar-refractivity contribution in [1.29, 1.82) is 0 Å². The van der Waals surface area contributed by atoms with Gasteiger partial charge in [0.25, 0.3) is 0 Å². The molecular formula is C9H13N3O. The van der Waals surface area contributed by atoms with Crippen molar-refractivity contribution in [1.82, 2.24) is 4.98 Å². The van der Waals surface area contributed by atoms with Crippen molar-refractivity contribution in [3.63, 3.8) is 0 Å². The Morgan fingerprint density at radius 2 is 2.23 bits per heavy atom. The third-order valence-corrected chi connectivity index (χ3v) is 1.97. The third-order valence-electron chi connectivity index (χ3n) is 1.97. The standard InChI is InChI=1S/C9H13N3O/c10-5-6-1-4-8(9(11)12-6)13-7-2-3-7/h1,4,7H,2-3,5,10H2,(H2,11,12). The summed E-state index contributed by atoms with van der Waals surface area (Å²) >= 11 is 0. The molecule has 0 aromatic carbocycles. The monoisotopic (exact) mass is 179 g/mol. The summed E-state index contributed by atoms with van der Waals surface area (Å²) in [5, 5.41) is 0. The third kappa shape index (κ3) is 1.89. The summed E-state index contributed by atoms with van der Waals surface area (Å²) in [6, 6.07) is 3.68. The van der Waals surface area contributed by atoms with Crippen molar-refractivity contribution in [3.8, 4) is 5.75 Å². The molecule has 4 nitrogen and oxygen atoms in total. The van der Waals surface area contributed by atoms with E-state index in [1.807, 2.05) is 12.1 Å². The van der Waals surface area contributed by atoms with Crippen LogP contribution in [0.1, 0.15) is 18.5 Å². The number of nitrogen functional groups attached to an aromatic ring is 1. The quantitative estimate of drug-likeness (QED) is 0.715. The molecule has 0 spiro atoms. The predicted molar refractivity (Wildman–Crippen MR) is 50.2 cm³/mol. The molecule has 4 heteroatoms. The minimum Gasteiger partial charge on any atom is -0.487 e. The summed E-state index contributed by atoms with van der Waals surface area (Å²) in [6.07, 6.45) is 2.60. The van der Waals surface area contributed by atoms with Crippen molar-refractivity contribution < 1.29 is 4.74 Å². The van der Waals surface area contributed by atoms with Gasteiger partial charge in [0.2, 0.25) is 0 Å². The van der Waals surface area contributed by atoms with Crippen LogP contribution in [0.2, 0.25) is 0 Å². The van der Waals surface area contributed by atoms with Crippen LogP contribution in [0.4, 0.5) is 5.82 Å². The van der Waals surface area contributed by atoms with Gasteiger partial charge in [-0.25, -0.2) is 4.98 Å². The molecule has 4 N–H and O–H groups in total. The molecule has 1 aromatic rings. The molecule has 1 aromatic heterocycles. The van der Waals surface area contributed by atoms with E-state index in [-0.39, 0.29) is 0 Å². The van der Waals surface area contributed by atoms with Crippen molar-refractivity contribution in [2.24, 2.45) is 5.73 Å². The zero-order chi connectivity index (χ0) is 9.26.